The lowest BCUT2D eigenvalue weighted by molar-refractivity contribution is -0.116. The Morgan fingerprint density at radius 3 is 2.57 bits per heavy atom. The largest absolute Gasteiger partial charge is 0.481 e. The van der Waals surface area contributed by atoms with Crippen LogP contribution in [0.3, 0.4) is 0 Å². The Hall–Kier alpha value is -3.56. The Balaban J connectivity index is 1.51. The molecule has 0 unspecified atom stereocenters. The summed E-state index contributed by atoms with van der Waals surface area (Å²) in [5.74, 6) is 2.71. The van der Waals surface area contributed by atoms with Gasteiger partial charge < -0.3 is 15.4 Å². The summed E-state index contributed by atoms with van der Waals surface area (Å²) < 4.78 is 5.31. The first-order valence-electron chi connectivity index (χ1n) is 9.54. The maximum Gasteiger partial charge on any atom is 0.255 e. The van der Waals surface area contributed by atoms with Crippen LogP contribution in [-0.2, 0) is 11.2 Å². The summed E-state index contributed by atoms with van der Waals surface area (Å²) >= 11 is 1.70. The zero-order valence-corrected chi connectivity index (χ0v) is 17.2. The van der Waals surface area contributed by atoms with Crippen LogP contribution in [0.2, 0.25) is 0 Å². The number of carbonyl (C=O) groups excluding carboxylic acids is 2. The van der Waals surface area contributed by atoms with Crippen molar-refractivity contribution in [3.05, 3.63) is 76.5 Å². The molecule has 2 aromatic carbocycles. The molecule has 0 aliphatic rings. The quantitative estimate of drug-likeness (QED) is 0.482. The average molecular weight is 419 g/mol. The Morgan fingerprint density at radius 2 is 1.83 bits per heavy atom. The van der Waals surface area contributed by atoms with E-state index in [1.54, 1.807) is 59.9 Å². The Morgan fingerprint density at radius 1 is 1.00 bits per heavy atom. The van der Waals surface area contributed by atoms with E-state index >= 15 is 0 Å². The van der Waals surface area contributed by atoms with Crippen LogP contribution >= 0.6 is 11.3 Å². The molecular weight excluding hydrogens is 396 g/mol. The zero-order valence-electron chi connectivity index (χ0n) is 16.4. The third-order valence-corrected chi connectivity index (χ3v) is 5.19. The first-order valence-corrected chi connectivity index (χ1v) is 10.4. The van der Waals surface area contributed by atoms with Gasteiger partial charge in [-0.1, -0.05) is 18.1 Å². The second kappa shape index (κ2) is 10.8. The molecule has 152 valence electrons. The number of hydrogen-bond acceptors (Lipinski definition) is 4. The van der Waals surface area contributed by atoms with Crippen LogP contribution in [0.4, 0.5) is 11.4 Å². The minimum atomic E-state index is -0.263. The number of carbonyl (C=O) groups is 2. The maximum absolute atomic E-state index is 12.5. The van der Waals surface area contributed by atoms with E-state index in [0.717, 1.165) is 12.8 Å². The first-order chi connectivity index (χ1) is 14.6. The van der Waals surface area contributed by atoms with Gasteiger partial charge in [-0.2, -0.15) is 0 Å². The van der Waals surface area contributed by atoms with Crippen molar-refractivity contribution in [2.24, 2.45) is 0 Å². The molecule has 0 fully saturated rings. The van der Waals surface area contributed by atoms with Crippen LogP contribution in [0.1, 0.15) is 28.1 Å². The van der Waals surface area contributed by atoms with Crippen molar-refractivity contribution in [1.82, 2.24) is 0 Å². The molecule has 3 aromatic rings. The second-order valence-electron chi connectivity index (χ2n) is 6.53. The summed E-state index contributed by atoms with van der Waals surface area (Å²) in [6.07, 6.45) is 7.27. The standard InChI is InChI=1S/C24H22N2O3S/c1-2-15-29-21-13-11-19(12-14-21)26-24(28)18-6-3-7-20(17-18)25-23(27)10-4-8-22-9-5-16-30-22/h1,3,5-7,9,11-14,16-17H,4,8,10,15H2,(H,25,27)(H,26,28). The number of terminal acetylenes is 1. The molecule has 0 saturated heterocycles. The van der Waals surface area contributed by atoms with Crippen LogP contribution in [0.15, 0.2) is 66.0 Å². The molecule has 0 aliphatic heterocycles. The number of ether oxygens (including phenoxy) is 1. The van der Waals surface area contributed by atoms with Crippen LogP contribution < -0.4 is 15.4 Å². The second-order valence-corrected chi connectivity index (χ2v) is 7.57. The van der Waals surface area contributed by atoms with Crippen molar-refractivity contribution in [3.63, 3.8) is 0 Å². The highest BCUT2D eigenvalue weighted by Gasteiger charge is 2.09. The smallest absolute Gasteiger partial charge is 0.255 e. The molecule has 0 saturated carbocycles. The molecule has 0 atom stereocenters. The lowest BCUT2D eigenvalue weighted by Crippen LogP contribution is -2.14. The number of hydrogen-bond donors (Lipinski definition) is 2. The van der Waals surface area contributed by atoms with Gasteiger partial charge in [-0.3, -0.25) is 9.59 Å². The Labute approximate surface area is 180 Å². The molecule has 0 aliphatic carbocycles. The molecule has 1 heterocycles. The molecule has 0 spiro atoms. The fourth-order valence-corrected chi connectivity index (χ4v) is 3.55. The highest BCUT2D eigenvalue weighted by Crippen LogP contribution is 2.18. The normalized spacial score (nSPS) is 10.1. The molecule has 2 N–H and O–H groups in total. The molecule has 6 heteroatoms. The molecule has 0 radical (unpaired) electrons. The average Bonchev–Trinajstić information content (AvgIpc) is 3.27. The summed E-state index contributed by atoms with van der Waals surface area (Å²) in [4.78, 5) is 26.0. The molecule has 3 rings (SSSR count). The van der Waals surface area contributed by atoms with Gasteiger partial charge in [-0.25, -0.2) is 0 Å². The zero-order chi connectivity index (χ0) is 21.2. The fourth-order valence-electron chi connectivity index (χ4n) is 2.80. The predicted molar refractivity (Wildman–Crippen MR) is 121 cm³/mol. The highest BCUT2D eigenvalue weighted by atomic mass is 32.1. The third-order valence-electron chi connectivity index (χ3n) is 4.25. The molecule has 1 aromatic heterocycles. The number of rotatable bonds is 9. The van der Waals surface area contributed by atoms with Crippen molar-refractivity contribution in [2.45, 2.75) is 19.3 Å². The summed E-state index contributed by atoms with van der Waals surface area (Å²) in [5.41, 5.74) is 1.69. The van der Waals surface area contributed by atoms with Crippen LogP contribution in [0, 0.1) is 12.3 Å². The van der Waals surface area contributed by atoms with Crippen LogP contribution in [-0.4, -0.2) is 18.4 Å². The SMILES string of the molecule is C#CCOc1ccc(NC(=O)c2cccc(NC(=O)CCCc3cccs3)c2)cc1. The summed E-state index contributed by atoms with van der Waals surface area (Å²) in [6, 6.07) is 17.9. The van der Waals surface area contributed by atoms with Crippen molar-refractivity contribution >= 4 is 34.5 Å². The van der Waals surface area contributed by atoms with Gasteiger partial charge in [0.25, 0.3) is 5.91 Å². The monoisotopic (exact) mass is 418 g/mol. The number of anilines is 2. The van der Waals surface area contributed by atoms with Gasteiger partial charge in [0, 0.05) is 28.2 Å². The lowest BCUT2D eigenvalue weighted by Gasteiger charge is -2.09. The molecule has 2 amide bonds. The van der Waals surface area contributed by atoms with Gasteiger partial charge in [-0.05, 0) is 66.8 Å². The Bertz CT molecular complexity index is 1020. The number of benzene rings is 2. The third kappa shape index (κ3) is 6.50. The van der Waals surface area contributed by atoms with Crippen molar-refractivity contribution in [2.75, 3.05) is 17.2 Å². The predicted octanol–water partition coefficient (Wildman–Crippen LogP) is 4.97. The van der Waals surface area contributed by atoms with Gasteiger partial charge in [0.05, 0.1) is 0 Å². The van der Waals surface area contributed by atoms with Gasteiger partial charge in [0.1, 0.15) is 12.4 Å². The van der Waals surface area contributed by atoms with Crippen LogP contribution in [0.25, 0.3) is 0 Å². The van der Waals surface area contributed by atoms with E-state index in [1.807, 2.05) is 11.4 Å². The number of thiophene rings is 1. The van der Waals surface area contributed by atoms with Gasteiger partial charge in [-0.15, -0.1) is 17.8 Å². The lowest BCUT2D eigenvalue weighted by atomic mass is 10.1. The van der Waals surface area contributed by atoms with E-state index in [0.29, 0.717) is 29.1 Å². The molecule has 0 bridgehead atoms. The summed E-state index contributed by atoms with van der Waals surface area (Å²) in [5, 5.41) is 7.72. The van der Waals surface area contributed by atoms with E-state index in [2.05, 4.69) is 22.6 Å². The van der Waals surface area contributed by atoms with E-state index in [-0.39, 0.29) is 18.4 Å². The van der Waals surface area contributed by atoms with Gasteiger partial charge in [0.2, 0.25) is 5.91 Å². The van der Waals surface area contributed by atoms with Crippen molar-refractivity contribution in [1.29, 1.82) is 0 Å². The van der Waals surface area contributed by atoms with E-state index < -0.39 is 0 Å². The maximum atomic E-state index is 12.5. The van der Waals surface area contributed by atoms with E-state index in [1.165, 1.54) is 4.88 Å². The fraction of sp³-hybridized carbons (Fsp3) is 0.167. The minimum Gasteiger partial charge on any atom is -0.481 e. The van der Waals surface area contributed by atoms with Crippen LogP contribution in [0.5, 0.6) is 5.75 Å². The molecule has 5 nitrogen and oxygen atoms in total. The van der Waals surface area contributed by atoms with Gasteiger partial charge in [0.15, 0.2) is 0 Å². The number of nitrogens with one attached hydrogen (secondary N) is 2. The number of aryl methyl sites for hydroxylation is 1. The van der Waals surface area contributed by atoms with Crippen molar-refractivity contribution < 1.29 is 14.3 Å². The first kappa shape index (κ1) is 21.2. The topological polar surface area (TPSA) is 67.4 Å². The van der Waals surface area contributed by atoms with E-state index in [4.69, 9.17) is 11.2 Å². The minimum absolute atomic E-state index is 0.0633. The van der Waals surface area contributed by atoms with E-state index in [9.17, 15) is 9.59 Å². The van der Waals surface area contributed by atoms with Gasteiger partial charge >= 0.3 is 0 Å². The molecular formula is C24H22N2O3S. The van der Waals surface area contributed by atoms with Crippen molar-refractivity contribution in [3.8, 4) is 18.1 Å². The summed E-state index contributed by atoms with van der Waals surface area (Å²) in [6.45, 7) is 0.193. The molecule has 30 heavy (non-hydrogen) atoms. The number of amides is 2. The Kier molecular flexibility index (Phi) is 7.64. The summed E-state index contributed by atoms with van der Waals surface area (Å²) in [7, 11) is 0. The highest BCUT2D eigenvalue weighted by molar-refractivity contribution is 7.09.